The number of imidazole rings is 1. The van der Waals surface area contributed by atoms with E-state index in [1.807, 2.05) is 17.3 Å². The molecule has 7 nitrogen and oxygen atoms in total. The van der Waals surface area contributed by atoms with E-state index in [9.17, 15) is 4.79 Å². The van der Waals surface area contributed by atoms with Crippen molar-refractivity contribution >= 4 is 5.91 Å². The second-order valence-electron chi connectivity index (χ2n) is 6.75. The second-order valence-corrected chi connectivity index (χ2v) is 6.75. The first kappa shape index (κ1) is 16.7. The third-order valence-corrected chi connectivity index (χ3v) is 4.77. The van der Waals surface area contributed by atoms with Gasteiger partial charge in [-0.2, -0.15) is 5.10 Å². The van der Waals surface area contributed by atoms with Gasteiger partial charge in [0.05, 0.1) is 6.04 Å². The first-order valence-corrected chi connectivity index (χ1v) is 8.76. The van der Waals surface area contributed by atoms with Crippen LogP contribution in [0.4, 0.5) is 0 Å². The number of amides is 1. The van der Waals surface area contributed by atoms with Crippen LogP contribution in [0.25, 0.3) is 0 Å². The van der Waals surface area contributed by atoms with Gasteiger partial charge in [-0.25, -0.2) is 14.6 Å². The van der Waals surface area contributed by atoms with Crippen LogP contribution in [0, 0.1) is 5.92 Å². The van der Waals surface area contributed by atoms with Crippen molar-refractivity contribution < 1.29 is 4.79 Å². The molecular weight excluding hydrogens is 304 g/mol. The van der Waals surface area contributed by atoms with Gasteiger partial charge in [-0.15, -0.1) is 0 Å². The summed E-state index contributed by atoms with van der Waals surface area (Å²) in [5.74, 6) is 1.39. The zero-order valence-electron chi connectivity index (χ0n) is 14.7. The van der Waals surface area contributed by atoms with E-state index in [-0.39, 0.29) is 17.9 Å². The summed E-state index contributed by atoms with van der Waals surface area (Å²) in [6, 6.07) is 0.0170. The van der Waals surface area contributed by atoms with Gasteiger partial charge in [0.1, 0.15) is 24.5 Å². The zero-order valence-corrected chi connectivity index (χ0v) is 14.7. The Bertz CT molecular complexity index is 662. The highest BCUT2D eigenvalue weighted by Crippen LogP contribution is 2.27. The fraction of sp³-hybridized carbons (Fsp3) is 0.647. The van der Waals surface area contributed by atoms with Gasteiger partial charge >= 0.3 is 0 Å². The lowest BCUT2D eigenvalue weighted by molar-refractivity contribution is -0.138. The van der Waals surface area contributed by atoms with Crippen molar-refractivity contribution in [1.29, 1.82) is 0 Å². The average molecular weight is 330 g/mol. The summed E-state index contributed by atoms with van der Waals surface area (Å²) in [5, 5.41) is 4.19. The molecule has 1 fully saturated rings. The fourth-order valence-corrected chi connectivity index (χ4v) is 3.58. The van der Waals surface area contributed by atoms with Gasteiger partial charge in [0.15, 0.2) is 0 Å². The minimum absolute atomic E-state index is 0.137. The van der Waals surface area contributed by atoms with E-state index in [4.69, 9.17) is 0 Å². The van der Waals surface area contributed by atoms with Crippen molar-refractivity contribution in [2.24, 2.45) is 5.92 Å². The van der Waals surface area contributed by atoms with Crippen LogP contribution >= 0.6 is 0 Å². The smallest absolute Gasteiger partial charge is 0.247 e. The van der Waals surface area contributed by atoms with Crippen molar-refractivity contribution in [3.05, 3.63) is 30.9 Å². The quantitative estimate of drug-likeness (QED) is 0.842. The van der Waals surface area contributed by atoms with E-state index in [1.165, 1.54) is 6.33 Å². The van der Waals surface area contributed by atoms with Crippen LogP contribution in [0.2, 0.25) is 0 Å². The number of carbonyl (C=O) groups is 1. The van der Waals surface area contributed by atoms with Gasteiger partial charge in [-0.1, -0.05) is 20.8 Å². The number of nitrogens with zero attached hydrogens (tertiary/aromatic N) is 6. The van der Waals surface area contributed by atoms with E-state index < -0.39 is 0 Å². The normalized spacial score (nSPS) is 19.7. The molecule has 0 unspecified atom stereocenters. The van der Waals surface area contributed by atoms with E-state index in [0.29, 0.717) is 6.04 Å². The Morgan fingerprint density at radius 3 is 2.92 bits per heavy atom. The molecule has 2 aromatic heterocycles. The number of carbonyl (C=O) groups excluding carboxylic acids is 1. The number of aromatic nitrogens is 5. The number of likely N-dealkylation sites (tertiary alicyclic amines) is 1. The highest BCUT2D eigenvalue weighted by molar-refractivity contribution is 5.80. The number of rotatable bonds is 5. The van der Waals surface area contributed by atoms with E-state index in [1.54, 1.807) is 11.0 Å². The van der Waals surface area contributed by atoms with Crippen molar-refractivity contribution in [3.63, 3.8) is 0 Å². The molecule has 1 aliphatic heterocycles. The van der Waals surface area contributed by atoms with Crippen molar-refractivity contribution in [3.8, 4) is 0 Å². The molecule has 0 radical (unpaired) electrons. The van der Waals surface area contributed by atoms with Crippen LogP contribution in [0.15, 0.2) is 25.0 Å². The monoisotopic (exact) mass is 330 g/mol. The number of piperidine rings is 1. The van der Waals surface area contributed by atoms with Crippen LogP contribution in [-0.4, -0.2) is 48.2 Å². The topological polar surface area (TPSA) is 68.8 Å². The Morgan fingerprint density at radius 2 is 2.25 bits per heavy atom. The summed E-state index contributed by atoms with van der Waals surface area (Å²) >= 11 is 0. The molecule has 0 aliphatic carbocycles. The molecule has 0 N–H and O–H groups in total. The van der Waals surface area contributed by atoms with Crippen LogP contribution in [0.1, 0.15) is 51.5 Å². The van der Waals surface area contributed by atoms with Crippen LogP contribution in [-0.2, 0) is 11.2 Å². The standard InChI is InChI=1S/C17H26N6O/c1-4-15-19-7-9-22(15)14-6-5-8-21(10-14)17(24)16(13(2)3)23-12-18-11-20-23/h7,9,11-14,16H,4-6,8,10H2,1-3H3/t14-,16+/m0/s1. The summed E-state index contributed by atoms with van der Waals surface area (Å²) in [5.41, 5.74) is 0. The molecule has 3 heterocycles. The minimum atomic E-state index is -0.292. The highest BCUT2D eigenvalue weighted by atomic mass is 16.2. The lowest BCUT2D eigenvalue weighted by Gasteiger charge is -2.36. The fourth-order valence-electron chi connectivity index (χ4n) is 3.58. The largest absolute Gasteiger partial charge is 0.339 e. The molecule has 24 heavy (non-hydrogen) atoms. The minimum Gasteiger partial charge on any atom is -0.339 e. The third kappa shape index (κ3) is 3.20. The molecule has 7 heteroatoms. The molecule has 1 aliphatic rings. The average Bonchev–Trinajstić information content (AvgIpc) is 3.26. The first-order valence-electron chi connectivity index (χ1n) is 8.76. The maximum Gasteiger partial charge on any atom is 0.247 e. The zero-order chi connectivity index (χ0) is 17.1. The van der Waals surface area contributed by atoms with Gasteiger partial charge in [-0.05, 0) is 18.8 Å². The van der Waals surface area contributed by atoms with Crippen molar-refractivity contribution in [2.75, 3.05) is 13.1 Å². The molecule has 0 saturated carbocycles. The van der Waals surface area contributed by atoms with Gasteiger partial charge in [0.2, 0.25) is 5.91 Å². The maximum absolute atomic E-state index is 13.1. The van der Waals surface area contributed by atoms with Crippen LogP contribution < -0.4 is 0 Å². The van der Waals surface area contributed by atoms with Crippen LogP contribution in [0.3, 0.4) is 0 Å². The Labute approximate surface area is 142 Å². The molecule has 0 spiro atoms. The number of aryl methyl sites for hydroxylation is 1. The molecular formula is C17H26N6O. The maximum atomic E-state index is 13.1. The van der Waals surface area contributed by atoms with Crippen LogP contribution in [0.5, 0.6) is 0 Å². The Morgan fingerprint density at radius 1 is 1.42 bits per heavy atom. The molecule has 130 valence electrons. The molecule has 3 rings (SSSR count). The molecule has 2 aromatic rings. The third-order valence-electron chi connectivity index (χ3n) is 4.77. The van der Waals surface area contributed by atoms with E-state index in [0.717, 1.165) is 38.2 Å². The molecule has 2 atom stereocenters. The van der Waals surface area contributed by atoms with E-state index >= 15 is 0 Å². The summed E-state index contributed by atoms with van der Waals surface area (Å²) in [6.45, 7) is 7.76. The van der Waals surface area contributed by atoms with Gasteiger partial charge < -0.3 is 9.47 Å². The molecule has 1 saturated heterocycles. The van der Waals surface area contributed by atoms with Gasteiger partial charge in [-0.3, -0.25) is 4.79 Å². The molecule has 0 aromatic carbocycles. The summed E-state index contributed by atoms with van der Waals surface area (Å²) in [6.07, 6.45) is 10.0. The summed E-state index contributed by atoms with van der Waals surface area (Å²) < 4.78 is 3.92. The summed E-state index contributed by atoms with van der Waals surface area (Å²) in [7, 11) is 0. The number of hydrogen-bond acceptors (Lipinski definition) is 4. The summed E-state index contributed by atoms with van der Waals surface area (Å²) in [4.78, 5) is 23.5. The predicted molar refractivity (Wildman–Crippen MR) is 90.4 cm³/mol. The van der Waals surface area contributed by atoms with E-state index in [2.05, 4.69) is 40.4 Å². The second kappa shape index (κ2) is 7.15. The Balaban J connectivity index is 1.77. The SMILES string of the molecule is CCc1nccn1[C@H]1CCCN(C(=O)[C@@H](C(C)C)n2cncn2)C1. The predicted octanol–water partition coefficient (Wildman–Crippen LogP) is 2.10. The Kier molecular flexibility index (Phi) is 4.97. The van der Waals surface area contributed by atoms with Gasteiger partial charge in [0.25, 0.3) is 0 Å². The lowest BCUT2D eigenvalue weighted by Crippen LogP contribution is -2.45. The number of hydrogen-bond donors (Lipinski definition) is 0. The van der Waals surface area contributed by atoms with Gasteiger partial charge in [0, 0.05) is 31.9 Å². The lowest BCUT2D eigenvalue weighted by atomic mass is 9.99. The van der Waals surface area contributed by atoms with Crippen molar-refractivity contribution in [1.82, 2.24) is 29.2 Å². The highest BCUT2D eigenvalue weighted by Gasteiger charge is 2.33. The Hall–Kier alpha value is -2.18. The molecule has 0 bridgehead atoms. The van der Waals surface area contributed by atoms with Crippen molar-refractivity contribution in [2.45, 2.75) is 52.1 Å². The first-order chi connectivity index (χ1) is 11.6. The molecule has 1 amide bonds.